The summed E-state index contributed by atoms with van der Waals surface area (Å²) < 4.78 is 5.62. The van der Waals surface area contributed by atoms with Gasteiger partial charge in [-0.1, -0.05) is 12.8 Å². The van der Waals surface area contributed by atoms with Crippen molar-refractivity contribution < 1.29 is 4.74 Å². The molecule has 0 amide bonds. The van der Waals surface area contributed by atoms with E-state index in [9.17, 15) is 0 Å². The van der Waals surface area contributed by atoms with Crippen molar-refractivity contribution in [2.45, 2.75) is 50.7 Å². The Morgan fingerprint density at radius 1 is 1.13 bits per heavy atom. The van der Waals surface area contributed by atoms with E-state index in [2.05, 4.69) is 5.32 Å². The highest BCUT2D eigenvalue weighted by molar-refractivity contribution is 6.18. The maximum absolute atomic E-state index is 6.00. The van der Waals surface area contributed by atoms with Gasteiger partial charge in [-0.3, -0.25) is 0 Å². The zero-order valence-electron chi connectivity index (χ0n) is 9.38. The number of hydrogen-bond donors (Lipinski definition) is 1. The van der Waals surface area contributed by atoms with Crippen molar-refractivity contribution in [3.8, 4) is 0 Å². The van der Waals surface area contributed by atoms with Crippen LogP contribution in [0.5, 0.6) is 0 Å². The molecule has 2 fully saturated rings. The van der Waals surface area contributed by atoms with Gasteiger partial charge in [-0.15, -0.1) is 11.6 Å². The molecule has 0 aromatic rings. The Balaban J connectivity index is 1.71. The molecule has 3 atom stereocenters. The summed E-state index contributed by atoms with van der Waals surface area (Å²) in [7, 11) is 0. The number of halogens is 1. The van der Waals surface area contributed by atoms with Gasteiger partial charge in [0.15, 0.2) is 0 Å². The highest BCUT2D eigenvalue weighted by atomic mass is 35.5. The molecule has 3 heteroatoms. The molecule has 1 saturated carbocycles. The summed E-state index contributed by atoms with van der Waals surface area (Å²) in [4.78, 5) is 0. The second-order valence-corrected chi connectivity index (χ2v) is 5.16. The van der Waals surface area contributed by atoms with Crippen molar-refractivity contribution in [3.05, 3.63) is 0 Å². The standard InChI is InChI=1S/C12H22ClNO/c13-8-10-4-1-2-6-12(10)14-9-11-5-3-7-15-11/h10-12,14H,1-9H2. The molecule has 88 valence electrons. The Labute approximate surface area is 97.7 Å². The lowest BCUT2D eigenvalue weighted by Crippen LogP contribution is -2.42. The van der Waals surface area contributed by atoms with Gasteiger partial charge in [0.05, 0.1) is 6.10 Å². The lowest BCUT2D eigenvalue weighted by molar-refractivity contribution is 0.103. The maximum Gasteiger partial charge on any atom is 0.0700 e. The topological polar surface area (TPSA) is 21.3 Å². The molecular weight excluding hydrogens is 210 g/mol. The normalized spacial score (nSPS) is 37.0. The monoisotopic (exact) mass is 231 g/mol. The fraction of sp³-hybridized carbons (Fsp3) is 1.00. The molecule has 2 nitrogen and oxygen atoms in total. The second-order valence-electron chi connectivity index (χ2n) is 4.85. The molecule has 0 bridgehead atoms. The third-order valence-corrected chi connectivity index (χ3v) is 4.14. The van der Waals surface area contributed by atoms with Crippen molar-refractivity contribution in [2.24, 2.45) is 5.92 Å². The van der Waals surface area contributed by atoms with Crippen LogP contribution in [0.2, 0.25) is 0 Å². The van der Waals surface area contributed by atoms with E-state index in [0.29, 0.717) is 18.1 Å². The quantitative estimate of drug-likeness (QED) is 0.751. The Morgan fingerprint density at radius 2 is 2.00 bits per heavy atom. The average molecular weight is 232 g/mol. The smallest absolute Gasteiger partial charge is 0.0700 e. The van der Waals surface area contributed by atoms with E-state index in [1.165, 1.54) is 38.5 Å². The number of hydrogen-bond acceptors (Lipinski definition) is 2. The van der Waals surface area contributed by atoms with Crippen LogP contribution in [0.3, 0.4) is 0 Å². The maximum atomic E-state index is 6.00. The fourth-order valence-corrected chi connectivity index (χ4v) is 3.12. The van der Waals surface area contributed by atoms with Gasteiger partial charge in [-0.25, -0.2) is 0 Å². The molecular formula is C12H22ClNO. The van der Waals surface area contributed by atoms with Crippen molar-refractivity contribution in [1.29, 1.82) is 0 Å². The van der Waals surface area contributed by atoms with Gasteiger partial charge in [-0.2, -0.15) is 0 Å². The lowest BCUT2D eigenvalue weighted by atomic mass is 9.85. The third kappa shape index (κ3) is 3.33. The van der Waals surface area contributed by atoms with E-state index in [-0.39, 0.29) is 0 Å². The number of alkyl halides is 1. The molecule has 0 spiro atoms. The van der Waals surface area contributed by atoms with E-state index >= 15 is 0 Å². The zero-order valence-corrected chi connectivity index (χ0v) is 10.1. The van der Waals surface area contributed by atoms with E-state index in [1.807, 2.05) is 0 Å². The van der Waals surface area contributed by atoms with Crippen LogP contribution < -0.4 is 5.32 Å². The van der Waals surface area contributed by atoms with Gasteiger partial charge >= 0.3 is 0 Å². The van der Waals surface area contributed by atoms with Crippen LogP contribution >= 0.6 is 11.6 Å². The van der Waals surface area contributed by atoms with Crippen LogP contribution in [0.4, 0.5) is 0 Å². The van der Waals surface area contributed by atoms with Gasteiger partial charge in [0, 0.05) is 25.1 Å². The molecule has 0 aromatic carbocycles. The Morgan fingerprint density at radius 3 is 2.73 bits per heavy atom. The van der Waals surface area contributed by atoms with Crippen LogP contribution in [0.25, 0.3) is 0 Å². The van der Waals surface area contributed by atoms with Crippen LogP contribution in [0, 0.1) is 5.92 Å². The van der Waals surface area contributed by atoms with E-state index in [0.717, 1.165) is 19.0 Å². The predicted octanol–water partition coefficient (Wildman–Crippen LogP) is 2.55. The molecule has 2 aliphatic rings. The molecule has 1 saturated heterocycles. The lowest BCUT2D eigenvalue weighted by Gasteiger charge is -2.31. The van der Waals surface area contributed by atoms with Crippen molar-refractivity contribution in [1.82, 2.24) is 5.32 Å². The van der Waals surface area contributed by atoms with E-state index < -0.39 is 0 Å². The van der Waals surface area contributed by atoms with Crippen LogP contribution in [0.1, 0.15) is 38.5 Å². The summed E-state index contributed by atoms with van der Waals surface area (Å²) in [6.45, 7) is 1.98. The van der Waals surface area contributed by atoms with Gasteiger partial charge < -0.3 is 10.1 Å². The highest BCUT2D eigenvalue weighted by Gasteiger charge is 2.25. The van der Waals surface area contributed by atoms with Crippen LogP contribution in [0.15, 0.2) is 0 Å². The first-order chi connectivity index (χ1) is 7.40. The molecule has 0 aromatic heterocycles. The number of nitrogens with one attached hydrogen (secondary N) is 1. The summed E-state index contributed by atoms with van der Waals surface area (Å²) >= 11 is 6.00. The molecule has 1 aliphatic heterocycles. The summed E-state index contributed by atoms with van der Waals surface area (Å²) in [5.74, 6) is 1.49. The molecule has 3 unspecified atom stereocenters. The summed E-state index contributed by atoms with van der Waals surface area (Å²) in [5, 5.41) is 3.66. The molecule has 1 aliphatic carbocycles. The summed E-state index contributed by atoms with van der Waals surface area (Å²) in [6, 6.07) is 0.639. The average Bonchev–Trinajstić information content (AvgIpc) is 2.79. The minimum absolute atomic E-state index is 0.461. The highest BCUT2D eigenvalue weighted by Crippen LogP contribution is 2.25. The molecule has 1 N–H and O–H groups in total. The van der Waals surface area contributed by atoms with Crippen molar-refractivity contribution in [3.63, 3.8) is 0 Å². The van der Waals surface area contributed by atoms with Crippen LogP contribution in [-0.2, 0) is 4.74 Å². The zero-order chi connectivity index (χ0) is 10.5. The first kappa shape index (κ1) is 11.7. The third-order valence-electron chi connectivity index (χ3n) is 3.74. The second kappa shape index (κ2) is 6.07. The Bertz CT molecular complexity index is 182. The van der Waals surface area contributed by atoms with Crippen LogP contribution in [-0.4, -0.2) is 31.2 Å². The summed E-state index contributed by atoms with van der Waals surface area (Å²) in [5.41, 5.74) is 0. The first-order valence-corrected chi connectivity index (χ1v) is 6.84. The summed E-state index contributed by atoms with van der Waals surface area (Å²) in [6.07, 6.45) is 8.23. The molecule has 15 heavy (non-hydrogen) atoms. The Kier molecular flexibility index (Phi) is 4.73. The Hall–Kier alpha value is 0.210. The molecule has 2 rings (SSSR count). The number of ether oxygens (including phenoxy) is 1. The van der Waals surface area contributed by atoms with Gasteiger partial charge in [0.25, 0.3) is 0 Å². The SMILES string of the molecule is ClCC1CCCCC1NCC1CCCO1. The first-order valence-electron chi connectivity index (χ1n) is 6.31. The van der Waals surface area contributed by atoms with Crippen molar-refractivity contribution >= 4 is 11.6 Å². The minimum atomic E-state index is 0.461. The van der Waals surface area contributed by atoms with E-state index in [4.69, 9.17) is 16.3 Å². The van der Waals surface area contributed by atoms with Gasteiger partial charge in [0.1, 0.15) is 0 Å². The molecule has 1 heterocycles. The predicted molar refractivity (Wildman–Crippen MR) is 63.4 cm³/mol. The number of rotatable bonds is 4. The fourth-order valence-electron chi connectivity index (χ4n) is 2.75. The van der Waals surface area contributed by atoms with Crippen molar-refractivity contribution in [2.75, 3.05) is 19.0 Å². The van der Waals surface area contributed by atoms with Gasteiger partial charge in [0.2, 0.25) is 0 Å². The minimum Gasteiger partial charge on any atom is -0.377 e. The van der Waals surface area contributed by atoms with Gasteiger partial charge in [-0.05, 0) is 31.6 Å². The largest absolute Gasteiger partial charge is 0.377 e. The van der Waals surface area contributed by atoms with E-state index in [1.54, 1.807) is 0 Å². The molecule has 0 radical (unpaired) electrons.